The molecule has 0 bridgehead atoms. The summed E-state index contributed by atoms with van der Waals surface area (Å²) in [4.78, 5) is 0. The SMILES string of the molecule is c1ccc(C2(c3ccccc3)c3ccccc3-c3ccc4c5c(ccc2c35)C(c2ccccc2)(c2ccccc2)c2ccc(-c3ccc5c6ccccc6c6ccccc6c5c3)cc2-4)cc1. The number of fused-ring (bicyclic) bond motifs is 10. The molecule has 2 aliphatic rings. The van der Waals surface area contributed by atoms with Gasteiger partial charge in [-0.05, 0) is 133 Å². The molecule has 0 amide bonds. The van der Waals surface area contributed by atoms with Gasteiger partial charge in [0.2, 0.25) is 0 Å². The molecule has 0 heterocycles. The first-order valence-electron chi connectivity index (χ1n) is 23.2. The van der Waals surface area contributed by atoms with Gasteiger partial charge in [0.25, 0.3) is 0 Å². The summed E-state index contributed by atoms with van der Waals surface area (Å²) in [6, 6.07) is 96.2. The van der Waals surface area contributed by atoms with Gasteiger partial charge in [-0.2, -0.15) is 0 Å². The van der Waals surface area contributed by atoms with Crippen molar-refractivity contribution in [3.63, 3.8) is 0 Å². The molecule has 12 aromatic rings. The zero-order valence-corrected chi connectivity index (χ0v) is 36.2. The van der Waals surface area contributed by atoms with Crippen molar-refractivity contribution in [3.8, 4) is 33.4 Å². The maximum atomic E-state index is 2.51. The molecule has 306 valence electrons. The fraction of sp³-hybridized carbons (Fsp3) is 0.0303. The highest BCUT2D eigenvalue weighted by molar-refractivity contribution is 6.26. The normalized spacial score (nSPS) is 14.0. The monoisotopic (exact) mass is 834 g/mol. The van der Waals surface area contributed by atoms with E-state index >= 15 is 0 Å². The second kappa shape index (κ2) is 14.1. The van der Waals surface area contributed by atoms with Crippen molar-refractivity contribution in [1.82, 2.24) is 0 Å². The maximum Gasteiger partial charge on any atom is 0.0713 e. The van der Waals surface area contributed by atoms with E-state index < -0.39 is 10.8 Å². The quantitative estimate of drug-likeness (QED) is 0.152. The van der Waals surface area contributed by atoms with Crippen molar-refractivity contribution in [2.75, 3.05) is 0 Å². The molecule has 0 saturated heterocycles. The van der Waals surface area contributed by atoms with Crippen LogP contribution < -0.4 is 0 Å². The molecule has 0 fully saturated rings. The lowest BCUT2D eigenvalue weighted by Crippen LogP contribution is -2.36. The maximum absolute atomic E-state index is 2.51. The smallest absolute Gasteiger partial charge is 0.0622 e. The Hall–Kier alpha value is -8.32. The fourth-order valence-electron chi connectivity index (χ4n) is 12.6. The molecule has 14 rings (SSSR count). The first-order valence-corrected chi connectivity index (χ1v) is 23.2. The second-order valence-electron chi connectivity index (χ2n) is 18.2. The molecule has 66 heavy (non-hydrogen) atoms. The van der Waals surface area contributed by atoms with E-state index in [1.165, 1.54) is 121 Å². The van der Waals surface area contributed by atoms with Crippen molar-refractivity contribution in [2.45, 2.75) is 10.8 Å². The van der Waals surface area contributed by atoms with Gasteiger partial charge >= 0.3 is 0 Å². The summed E-state index contributed by atoms with van der Waals surface area (Å²) in [7, 11) is 0. The topological polar surface area (TPSA) is 0 Å². The van der Waals surface area contributed by atoms with E-state index in [0.717, 1.165) is 0 Å². The highest BCUT2D eigenvalue weighted by atomic mass is 14.5. The molecule has 0 N–H and O–H groups in total. The van der Waals surface area contributed by atoms with Crippen LogP contribution in [0.25, 0.3) is 76.5 Å². The van der Waals surface area contributed by atoms with Crippen LogP contribution in [0.5, 0.6) is 0 Å². The number of rotatable bonds is 5. The minimum absolute atomic E-state index is 0.564. The van der Waals surface area contributed by atoms with E-state index in [1.54, 1.807) is 0 Å². The zero-order chi connectivity index (χ0) is 43.4. The van der Waals surface area contributed by atoms with Gasteiger partial charge in [0.1, 0.15) is 0 Å². The van der Waals surface area contributed by atoms with Crippen molar-refractivity contribution < 1.29 is 0 Å². The van der Waals surface area contributed by atoms with Crippen LogP contribution >= 0.6 is 0 Å². The van der Waals surface area contributed by atoms with Crippen LogP contribution in [0.15, 0.2) is 255 Å². The van der Waals surface area contributed by atoms with Crippen LogP contribution in [-0.4, -0.2) is 0 Å². The average molecular weight is 835 g/mol. The lowest BCUT2D eigenvalue weighted by atomic mass is 9.55. The zero-order valence-electron chi connectivity index (χ0n) is 36.2. The van der Waals surface area contributed by atoms with Crippen LogP contribution in [-0.2, 0) is 10.8 Å². The lowest BCUT2D eigenvalue weighted by molar-refractivity contribution is 0.735. The van der Waals surface area contributed by atoms with Gasteiger partial charge in [-0.25, -0.2) is 0 Å². The molecular formula is C66H42. The molecule has 0 aliphatic heterocycles. The molecule has 0 radical (unpaired) electrons. The molecule has 0 nitrogen and oxygen atoms in total. The summed E-state index contributed by atoms with van der Waals surface area (Å²) in [5, 5.41) is 10.4. The summed E-state index contributed by atoms with van der Waals surface area (Å²) < 4.78 is 0. The highest BCUT2D eigenvalue weighted by Crippen LogP contribution is 2.62. The predicted octanol–water partition coefficient (Wildman–Crippen LogP) is 16.7. The van der Waals surface area contributed by atoms with E-state index in [-0.39, 0.29) is 0 Å². The van der Waals surface area contributed by atoms with Crippen LogP contribution in [0.1, 0.15) is 44.5 Å². The van der Waals surface area contributed by atoms with E-state index in [4.69, 9.17) is 0 Å². The van der Waals surface area contributed by atoms with Gasteiger partial charge in [0.15, 0.2) is 0 Å². The largest absolute Gasteiger partial charge is 0.0713 e. The Morgan fingerprint density at radius 3 is 1.05 bits per heavy atom. The summed E-state index contributed by atoms with van der Waals surface area (Å²) in [5.74, 6) is 0. The van der Waals surface area contributed by atoms with Crippen molar-refractivity contribution >= 4 is 43.1 Å². The summed E-state index contributed by atoms with van der Waals surface area (Å²) in [5.41, 5.74) is 16.6. The van der Waals surface area contributed by atoms with Gasteiger partial charge in [-0.1, -0.05) is 243 Å². The third kappa shape index (κ3) is 4.88. The molecule has 0 spiro atoms. The third-order valence-electron chi connectivity index (χ3n) is 15.2. The van der Waals surface area contributed by atoms with Crippen molar-refractivity contribution in [2.24, 2.45) is 0 Å². The molecule has 12 aromatic carbocycles. The minimum atomic E-state index is -0.613. The molecule has 0 unspecified atom stereocenters. The van der Waals surface area contributed by atoms with Crippen LogP contribution in [0.3, 0.4) is 0 Å². The number of hydrogen-bond donors (Lipinski definition) is 0. The highest BCUT2D eigenvalue weighted by Gasteiger charge is 2.49. The van der Waals surface area contributed by atoms with Gasteiger partial charge in [-0.15, -0.1) is 0 Å². The Labute approximate surface area is 384 Å². The summed E-state index contributed by atoms with van der Waals surface area (Å²) in [6.07, 6.45) is 0. The van der Waals surface area contributed by atoms with Crippen molar-refractivity contribution in [3.05, 3.63) is 299 Å². The standard InChI is InChI=1S/C66H42/c1-5-19-45(20-6-1)65(46-21-7-2-8-22-46)59-32-18-17-31-54(59)55-36-37-56-58-42-44(43-33-35-53-51-29-14-13-27-49(51)50-28-15-16-30-52(50)57(53)41-43)34-38-60(58)66(47-23-9-3-10-24-47,48-25-11-4-12-26-48)62-40-39-61(65)63(55)64(56)62/h1-42H. The van der Waals surface area contributed by atoms with Crippen LogP contribution in [0.2, 0.25) is 0 Å². The van der Waals surface area contributed by atoms with E-state index in [1.807, 2.05) is 0 Å². The lowest BCUT2D eigenvalue weighted by Gasteiger charge is -2.46. The summed E-state index contributed by atoms with van der Waals surface area (Å²) >= 11 is 0. The summed E-state index contributed by atoms with van der Waals surface area (Å²) in [6.45, 7) is 0. The van der Waals surface area contributed by atoms with E-state index in [9.17, 15) is 0 Å². The van der Waals surface area contributed by atoms with Gasteiger partial charge in [0, 0.05) is 0 Å². The Morgan fingerprint density at radius 1 is 0.197 bits per heavy atom. The first kappa shape index (κ1) is 37.1. The predicted molar refractivity (Wildman–Crippen MR) is 277 cm³/mol. The van der Waals surface area contributed by atoms with Gasteiger partial charge in [0.05, 0.1) is 10.8 Å². The number of hydrogen-bond acceptors (Lipinski definition) is 0. The Morgan fingerprint density at radius 2 is 0.545 bits per heavy atom. The molecule has 0 atom stereocenters. The molecule has 2 aliphatic carbocycles. The van der Waals surface area contributed by atoms with Crippen LogP contribution in [0, 0.1) is 0 Å². The van der Waals surface area contributed by atoms with Crippen LogP contribution in [0.4, 0.5) is 0 Å². The first-order chi connectivity index (χ1) is 32.8. The third-order valence-corrected chi connectivity index (χ3v) is 15.2. The minimum Gasteiger partial charge on any atom is -0.0622 e. The Bertz CT molecular complexity index is 3790. The fourth-order valence-corrected chi connectivity index (χ4v) is 12.6. The molecule has 0 heteroatoms. The average Bonchev–Trinajstić information content (AvgIpc) is 3.40. The van der Waals surface area contributed by atoms with Crippen molar-refractivity contribution in [1.29, 1.82) is 0 Å². The van der Waals surface area contributed by atoms with E-state index in [0.29, 0.717) is 0 Å². The number of benzene rings is 12. The van der Waals surface area contributed by atoms with Gasteiger partial charge in [-0.3, -0.25) is 0 Å². The molecule has 0 aromatic heterocycles. The molecule has 0 saturated carbocycles. The van der Waals surface area contributed by atoms with Gasteiger partial charge < -0.3 is 0 Å². The Kier molecular flexibility index (Phi) is 7.92. The Balaban J connectivity index is 1.13. The second-order valence-corrected chi connectivity index (χ2v) is 18.2. The molecular weight excluding hydrogens is 793 g/mol. The van der Waals surface area contributed by atoms with E-state index in [2.05, 4.69) is 255 Å².